The van der Waals surface area contributed by atoms with Gasteiger partial charge in [0.2, 0.25) is 0 Å². The molecule has 15 heavy (non-hydrogen) atoms. The highest BCUT2D eigenvalue weighted by atomic mass is 35.5. The summed E-state index contributed by atoms with van der Waals surface area (Å²) in [6.45, 7) is 0. The number of carboxylic acids is 1. The summed E-state index contributed by atoms with van der Waals surface area (Å²) in [4.78, 5) is 14.7. The first-order valence-electron chi connectivity index (χ1n) is 4.06. The Hall–Kier alpha value is -1.88. The van der Waals surface area contributed by atoms with Crippen LogP contribution in [0.1, 0.15) is 10.4 Å². The Morgan fingerprint density at radius 3 is 2.87 bits per heavy atom. The molecule has 1 heterocycles. The Kier molecular flexibility index (Phi) is 2.39. The van der Waals surface area contributed by atoms with Crippen molar-refractivity contribution in [2.24, 2.45) is 0 Å². The summed E-state index contributed by atoms with van der Waals surface area (Å²) in [5, 5.41) is 13.2. The second-order valence-corrected chi connectivity index (χ2v) is 3.24. The molecule has 0 fully saturated rings. The van der Waals surface area contributed by atoms with Gasteiger partial charge in [0.05, 0.1) is 11.3 Å². The number of carbonyl (C=O) groups is 1. The van der Waals surface area contributed by atoms with E-state index in [2.05, 4.69) is 10.1 Å². The summed E-state index contributed by atoms with van der Waals surface area (Å²) >= 11 is 5.71. The van der Waals surface area contributed by atoms with Crippen LogP contribution in [0.25, 0.3) is 5.69 Å². The molecule has 0 saturated heterocycles. The molecule has 0 radical (unpaired) electrons. The molecule has 0 unspecified atom stereocenters. The van der Waals surface area contributed by atoms with Gasteiger partial charge >= 0.3 is 5.97 Å². The normalized spacial score (nSPS) is 10.2. The maximum atomic E-state index is 10.9. The maximum absolute atomic E-state index is 10.9. The summed E-state index contributed by atoms with van der Waals surface area (Å²) in [6, 6.07) is 4.56. The lowest BCUT2D eigenvalue weighted by Gasteiger charge is -2.05. The van der Waals surface area contributed by atoms with Gasteiger partial charge in [-0.05, 0) is 18.2 Å². The lowest BCUT2D eigenvalue weighted by molar-refractivity contribution is 0.0696. The molecule has 6 heteroatoms. The van der Waals surface area contributed by atoms with Crippen molar-refractivity contribution < 1.29 is 9.90 Å². The average molecular weight is 224 g/mol. The third-order valence-corrected chi connectivity index (χ3v) is 2.09. The molecule has 2 rings (SSSR count). The van der Waals surface area contributed by atoms with Crippen LogP contribution in [0.3, 0.4) is 0 Å². The van der Waals surface area contributed by atoms with Crippen molar-refractivity contribution in [1.29, 1.82) is 0 Å². The van der Waals surface area contributed by atoms with E-state index < -0.39 is 5.97 Å². The summed E-state index contributed by atoms with van der Waals surface area (Å²) < 4.78 is 1.37. The molecule has 0 bridgehead atoms. The molecule has 0 atom stereocenters. The predicted molar refractivity (Wildman–Crippen MR) is 53.3 cm³/mol. The number of hydrogen-bond acceptors (Lipinski definition) is 3. The number of benzene rings is 1. The Bertz CT molecular complexity index is 496. The predicted octanol–water partition coefficient (Wildman–Crippen LogP) is 1.62. The van der Waals surface area contributed by atoms with Gasteiger partial charge in [-0.25, -0.2) is 14.5 Å². The molecule has 5 nitrogen and oxygen atoms in total. The highest BCUT2D eigenvalue weighted by molar-refractivity contribution is 6.31. The highest BCUT2D eigenvalue weighted by Gasteiger charge is 2.12. The van der Waals surface area contributed by atoms with E-state index in [-0.39, 0.29) is 5.56 Å². The van der Waals surface area contributed by atoms with Crippen LogP contribution in [0.5, 0.6) is 0 Å². The van der Waals surface area contributed by atoms with E-state index in [4.69, 9.17) is 16.7 Å². The molecular formula is C9H6ClN3O2. The summed E-state index contributed by atoms with van der Waals surface area (Å²) in [7, 11) is 0. The quantitative estimate of drug-likeness (QED) is 0.840. The zero-order valence-electron chi connectivity index (χ0n) is 7.46. The van der Waals surface area contributed by atoms with Crippen LogP contribution in [0.2, 0.25) is 5.02 Å². The van der Waals surface area contributed by atoms with E-state index in [0.717, 1.165) is 0 Å². The van der Waals surface area contributed by atoms with Gasteiger partial charge in [-0.15, -0.1) is 0 Å². The molecule has 0 amide bonds. The molecule has 1 aromatic carbocycles. The van der Waals surface area contributed by atoms with Crippen LogP contribution in [-0.4, -0.2) is 25.8 Å². The molecule has 0 aliphatic heterocycles. The van der Waals surface area contributed by atoms with Gasteiger partial charge in [-0.1, -0.05) is 11.6 Å². The topological polar surface area (TPSA) is 68.0 Å². The number of aromatic carboxylic acids is 1. The van der Waals surface area contributed by atoms with Crippen LogP contribution >= 0.6 is 11.6 Å². The molecular weight excluding hydrogens is 218 g/mol. The van der Waals surface area contributed by atoms with Gasteiger partial charge in [-0.2, -0.15) is 5.10 Å². The van der Waals surface area contributed by atoms with Crippen molar-refractivity contribution >= 4 is 17.6 Å². The van der Waals surface area contributed by atoms with Crippen LogP contribution in [-0.2, 0) is 0 Å². The fourth-order valence-electron chi connectivity index (χ4n) is 1.21. The minimum atomic E-state index is -1.05. The summed E-state index contributed by atoms with van der Waals surface area (Å²) in [5.74, 6) is -1.05. The smallest absolute Gasteiger partial charge is 0.337 e. The van der Waals surface area contributed by atoms with E-state index >= 15 is 0 Å². The molecule has 2 aromatic rings. The standard InChI is InChI=1S/C9H6ClN3O2/c10-6-1-2-8(7(3-6)9(14)15)13-5-11-4-12-13/h1-5H,(H,14,15). The monoisotopic (exact) mass is 223 g/mol. The van der Waals surface area contributed by atoms with Crippen molar-refractivity contribution in [3.8, 4) is 5.69 Å². The van der Waals surface area contributed by atoms with Gasteiger partial charge in [0, 0.05) is 5.02 Å². The largest absolute Gasteiger partial charge is 0.478 e. The molecule has 0 aliphatic rings. The molecule has 76 valence electrons. The van der Waals surface area contributed by atoms with E-state index in [1.54, 1.807) is 12.1 Å². The van der Waals surface area contributed by atoms with Crippen molar-refractivity contribution in [2.45, 2.75) is 0 Å². The van der Waals surface area contributed by atoms with Crippen molar-refractivity contribution in [3.63, 3.8) is 0 Å². The van der Waals surface area contributed by atoms with Gasteiger partial charge in [-0.3, -0.25) is 0 Å². The Morgan fingerprint density at radius 2 is 2.27 bits per heavy atom. The van der Waals surface area contributed by atoms with Gasteiger partial charge in [0.1, 0.15) is 12.7 Å². The fourth-order valence-corrected chi connectivity index (χ4v) is 1.38. The number of aromatic nitrogens is 3. The Labute approximate surface area is 89.9 Å². The van der Waals surface area contributed by atoms with E-state index in [0.29, 0.717) is 10.7 Å². The third-order valence-electron chi connectivity index (χ3n) is 1.85. The summed E-state index contributed by atoms with van der Waals surface area (Å²) in [6.07, 6.45) is 2.76. The average Bonchev–Trinajstić information content (AvgIpc) is 2.70. The second-order valence-electron chi connectivity index (χ2n) is 2.81. The van der Waals surface area contributed by atoms with Crippen molar-refractivity contribution in [1.82, 2.24) is 14.8 Å². The van der Waals surface area contributed by atoms with E-state index in [9.17, 15) is 4.79 Å². The molecule has 0 aliphatic carbocycles. The number of hydrogen-bond donors (Lipinski definition) is 1. The second kappa shape index (κ2) is 3.70. The van der Waals surface area contributed by atoms with E-state index in [1.165, 1.54) is 23.4 Å². The zero-order valence-corrected chi connectivity index (χ0v) is 8.22. The first-order chi connectivity index (χ1) is 7.18. The van der Waals surface area contributed by atoms with Crippen LogP contribution in [0.15, 0.2) is 30.9 Å². The number of halogens is 1. The molecule has 1 aromatic heterocycles. The Balaban J connectivity index is 2.61. The van der Waals surface area contributed by atoms with Gasteiger partial charge in [0.25, 0.3) is 0 Å². The summed E-state index contributed by atoms with van der Waals surface area (Å²) in [5.41, 5.74) is 0.525. The SMILES string of the molecule is O=C(O)c1cc(Cl)ccc1-n1cncn1. The fraction of sp³-hybridized carbons (Fsp3) is 0. The van der Waals surface area contributed by atoms with Crippen molar-refractivity contribution in [3.05, 3.63) is 41.4 Å². The van der Waals surface area contributed by atoms with Crippen LogP contribution in [0, 0.1) is 0 Å². The van der Waals surface area contributed by atoms with Crippen LogP contribution in [0.4, 0.5) is 0 Å². The molecule has 0 spiro atoms. The first kappa shape index (κ1) is 9.67. The first-order valence-corrected chi connectivity index (χ1v) is 4.44. The van der Waals surface area contributed by atoms with Crippen molar-refractivity contribution in [2.75, 3.05) is 0 Å². The zero-order chi connectivity index (χ0) is 10.8. The molecule has 0 saturated carbocycles. The lowest BCUT2D eigenvalue weighted by Crippen LogP contribution is -2.05. The van der Waals surface area contributed by atoms with E-state index in [1.807, 2.05) is 0 Å². The highest BCUT2D eigenvalue weighted by Crippen LogP contribution is 2.18. The van der Waals surface area contributed by atoms with Crippen LogP contribution < -0.4 is 0 Å². The molecule has 1 N–H and O–H groups in total. The number of rotatable bonds is 2. The number of nitrogens with zero attached hydrogens (tertiary/aromatic N) is 3. The third kappa shape index (κ3) is 1.82. The maximum Gasteiger partial charge on any atom is 0.337 e. The minimum absolute atomic E-state index is 0.0907. The number of carboxylic acid groups (broad SMARTS) is 1. The Morgan fingerprint density at radius 1 is 1.47 bits per heavy atom. The van der Waals surface area contributed by atoms with Gasteiger partial charge < -0.3 is 5.11 Å². The van der Waals surface area contributed by atoms with Gasteiger partial charge in [0.15, 0.2) is 0 Å². The lowest BCUT2D eigenvalue weighted by atomic mass is 10.2. The minimum Gasteiger partial charge on any atom is -0.478 e.